The molecule has 5 nitrogen and oxygen atoms in total. The molecule has 0 bridgehead atoms. The van der Waals surface area contributed by atoms with Crippen molar-refractivity contribution in [1.29, 1.82) is 0 Å². The Hall–Kier alpha value is -1.88. The summed E-state index contributed by atoms with van der Waals surface area (Å²) in [5.41, 5.74) is 0.626. The number of fused-ring (bicyclic) bond motifs is 1. The molecule has 112 valence electrons. The zero-order valence-corrected chi connectivity index (χ0v) is 12.2. The van der Waals surface area contributed by atoms with Gasteiger partial charge in [-0.25, -0.2) is 4.79 Å². The van der Waals surface area contributed by atoms with E-state index in [0.29, 0.717) is 11.6 Å². The standard InChI is InChI=1S/C16H20N2O3/c1-11-9-17-7-3-6-14(17)10-18(11)15(19)12-4-2-5-13(8-12)16(20)21/h2,4-5,8,11,14H,3,6-7,9-10H2,1H3,(H,20,21). The smallest absolute Gasteiger partial charge is 0.335 e. The van der Waals surface area contributed by atoms with Crippen molar-refractivity contribution in [2.75, 3.05) is 19.6 Å². The number of hydrogen-bond acceptors (Lipinski definition) is 3. The van der Waals surface area contributed by atoms with Crippen LogP contribution in [-0.4, -0.2) is 58.5 Å². The summed E-state index contributed by atoms with van der Waals surface area (Å²) in [5, 5.41) is 9.04. The molecule has 2 atom stereocenters. The van der Waals surface area contributed by atoms with Gasteiger partial charge in [0.15, 0.2) is 0 Å². The highest BCUT2D eigenvalue weighted by atomic mass is 16.4. The summed E-state index contributed by atoms with van der Waals surface area (Å²) in [6.45, 7) is 4.85. The third-order valence-corrected chi connectivity index (χ3v) is 4.55. The van der Waals surface area contributed by atoms with Crippen LogP contribution in [0.15, 0.2) is 24.3 Å². The van der Waals surface area contributed by atoms with Crippen molar-refractivity contribution in [2.24, 2.45) is 0 Å². The van der Waals surface area contributed by atoms with E-state index in [4.69, 9.17) is 5.11 Å². The van der Waals surface area contributed by atoms with Crippen molar-refractivity contribution < 1.29 is 14.7 Å². The first-order chi connectivity index (χ1) is 10.1. The molecule has 0 saturated carbocycles. The minimum absolute atomic E-state index is 0.0582. The molecule has 0 aliphatic carbocycles. The van der Waals surface area contributed by atoms with Crippen LogP contribution in [0.4, 0.5) is 0 Å². The number of benzene rings is 1. The predicted molar refractivity (Wildman–Crippen MR) is 78.5 cm³/mol. The van der Waals surface area contributed by atoms with E-state index >= 15 is 0 Å². The fraction of sp³-hybridized carbons (Fsp3) is 0.500. The van der Waals surface area contributed by atoms with Gasteiger partial charge in [0, 0.05) is 30.7 Å². The van der Waals surface area contributed by atoms with Crippen LogP contribution in [0.1, 0.15) is 40.5 Å². The maximum Gasteiger partial charge on any atom is 0.335 e. The van der Waals surface area contributed by atoms with E-state index in [1.807, 2.05) is 4.90 Å². The first-order valence-corrected chi connectivity index (χ1v) is 7.44. The Morgan fingerprint density at radius 3 is 2.76 bits per heavy atom. The third-order valence-electron chi connectivity index (χ3n) is 4.55. The van der Waals surface area contributed by atoms with Gasteiger partial charge in [0.25, 0.3) is 5.91 Å². The number of rotatable bonds is 2. The number of carboxylic acid groups (broad SMARTS) is 1. The molecule has 0 aromatic heterocycles. The SMILES string of the molecule is CC1CN2CCCC2CN1C(=O)c1cccc(C(=O)O)c1. The molecule has 2 unspecified atom stereocenters. The second-order valence-corrected chi connectivity index (χ2v) is 5.98. The van der Waals surface area contributed by atoms with Gasteiger partial charge in [-0.1, -0.05) is 6.07 Å². The molecule has 5 heteroatoms. The first kappa shape index (κ1) is 14.1. The van der Waals surface area contributed by atoms with Crippen molar-refractivity contribution in [1.82, 2.24) is 9.80 Å². The molecule has 21 heavy (non-hydrogen) atoms. The number of nitrogens with zero attached hydrogens (tertiary/aromatic N) is 2. The van der Waals surface area contributed by atoms with Crippen LogP contribution in [0.2, 0.25) is 0 Å². The summed E-state index contributed by atoms with van der Waals surface area (Å²) >= 11 is 0. The first-order valence-electron chi connectivity index (χ1n) is 7.44. The lowest BCUT2D eigenvalue weighted by Gasteiger charge is -2.42. The fourth-order valence-corrected chi connectivity index (χ4v) is 3.42. The van der Waals surface area contributed by atoms with Crippen LogP contribution in [-0.2, 0) is 0 Å². The Kier molecular flexibility index (Phi) is 3.68. The molecule has 1 aromatic rings. The maximum absolute atomic E-state index is 12.7. The van der Waals surface area contributed by atoms with Gasteiger partial charge in [0.05, 0.1) is 5.56 Å². The summed E-state index contributed by atoms with van der Waals surface area (Å²) in [4.78, 5) is 28.1. The topological polar surface area (TPSA) is 60.9 Å². The number of carbonyl (C=O) groups excluding carboxylic acids is 1. The van der Waals surface area contributed by atoms with Gasteiger partial charge in [-0.2, -0.15) is 0 Å². The third kappa shape index (κ3) is 2.65. The zero-order valence-electron chi connectivity index (χ0n) is 12.2. The number of carboxylic acids is 1. The number of piperazine rings is 1. The van der Waals surface area contributed by atoms with Crippen molar-refractivity contribution in [2.45, 2.75) is 31.8 Å². The van der Waals surface area contributed by atoms with E-state index in [1.165, 1.54) is 18.6 Å². The molecule has 2 heterocycles. The number of hydrogen-bond donors (Lipinski definition) is 1. The number of amides is 1. The highest BCUT2D eigenvalue weighted by molar-refractivity contribution is 5.97. The molecular formula is C16H20N2O3. The molecular weight excluding hydrogens is 268 g/mol. The Bertz CT molecular complexity index is 572. The number of aromatic carboxylic acids is 1. The van der Waals surface area contributed by atoms with Crippen molar-refractivity contribution in [3.63, 3.8) is 0 Å². The highest BCUT2D eigenvalue weighted by Crippen LogP contribution is 2.25. The normalized spacial score (nSPS) is 25.7. The van der Waals surface area contributed by atoms with Crippen LogP contribution < -0.4 is 0 Å². The minimum Gasteiger partial charge on any atom is -0.478 e. The largest absolute Gasteiger partial charge is 0.478 e. The van der Waals surface area contributed by atoms with Crippen molar-refractivity contribution in [3.05, 3.63) is 35.4 Å². The van der Waals surface area contributed by atoms with Crippen molar-refractivity contribution >= 4 is 11.9 Å². The molecule has 2 saturated heterocycles. The molecule has 0 radical (unpaired) electrons. The lowest BCUT2D eigenvalue weighted by molar-refractivity contribution is 0.0395. The molecule has 2 aliphatic heterocycles. The fourth-order valence-electron chi connectivity index (χ4n) is 3.42. The minimum atomic E-state index is -1.00. The van der Waals surface area contributed by atoms with Gasteiger partial charge < -0.3 is 10.0 Å². The van der Waals surface area contributed by atoms with Crippen LogP contribution in [0, 0.1) is 0 Å². The van der Waals surface area contributed by atoms with Gasteiger partial charge >= 0.3 is 5.97 Å². The van der Waals surface area contributed by atoms with E-state index in [-0.39, 0.29) is 17.5 Å². The van der Waals surface area contributed by atoms with E-state index in [9.17, 15) is 9.59 Å². The van der Waals surface area contributed by atoms with E-state index in [1.54, 1.807) is 12.1 Å². The van der Waals surface area contributed by atoms with Crippen LogP contribution in [0.5, 0.6) is 0 Å². The van der Waals surface area contributed by atoms with Gasteiger partial charge in [-0.3, -0.25) is 9.69 Å². The van der Waals surface area contributed by atoms with E-state index in [2.05, 4.69) is 11.8 Å². The highest BCUT2D eigenvalue weighted by Gasteiger charge is 2.36. The summed E-state index contributed by atoms with van der Waals surface area (Å²) in [5.74, 6) is -1.06. The quantitative estimate of drug-likeness (QED) is 0.899. The van der Waals surface area contributed by atoms with E-state index in [0.717, 1.165) is 26.1 Å². The lowest BCUT2D eigenvalue weighted by atomic mass is 10.0. The summed E-state index contributed by atoms with van der Waals surface area (Å²) in [7, 11) is 0. The second kappa shape index (κ2) is 5.48. The molecule has 0 spiro atoms. The second-order valence-electron chi connectivity index (χ2n) is 5.98. The summed E-state index contributed by atoms with van der Waals surface area (Å²) in [6.07, 6.45) is 2.35. The maximum atomic E-state index is 12.7. The summed E-state index contributed by atoms with van der Waals surface area (Å²) < 4.78 is 0. The monoisotopic (exact) mass is 288 g/mol. The molecule has 3 rings (SSSR count). The van der Waals surface area contributed by atoms with Crippen LogP contribution in [0.25, 0.3) is 0 Å². The van der Waals surface area contributed by atoms with E-state index < -0.39 is 5.97 Å². The van der Waals surface area contributed by atoms with Crippen LogP contribution >= 0.6 is 0 Å². The van der Waals surface area contributed by atoms with Gasteiger partial charge in [-0.05, 0) is 44.5 Å². The van der Waals surface area contributed by atoms with Gasteiger partial charge in [0.2, 0.25) is 0 Å². The van der Waals surface area contributed by atoms with Gasteiger partial charge in [-0.15, -0.1) is 0 Å². The lowest BCUT2D eigenvalue weighted by Crippen LogP contribution is -2.56. The van der Waals surface area contributed by atoms with Gasteiger partial charge in [0.1, 0.15) is 0 Å². The molecule has 1 amide bonds. The molecule has 1 aromatic carbocycles. The van der Waals surface area contributed by atoms with Crippen LogP contribution in [0.3, 0.4) is 0 Å². The predicted octanol–water partition coefficient (Wildman–Crippen LogP) is 1.69. The Balaban J connectivity index is 1.81. The molecule has 2 aliphatic rings. The molecule has 1 N–H and O–H groups in total. The Labute approximate surface area is 124 Å². The average Bonchev–Trinajstić information content (AvgIpc) is 2.92. The number of carbonyl (C=O) groups is 2. The van der Waals surface area contributed by atoms with Crippen molar-refractivity contribution in [3.8, 4) is 0 Å². The zero-order chi connectivity index (χ0) is 15.0. The Morgan fingerprint density at radius 1 is 1.24 bits per heavy atom. The summed E-state index contributed by atoms with van der Waals surface area (Å²) in [6, 6.07) is 6.94. The Morgan fingerprint density at radius 2 is 2.00 bits per heavy atom. The molecule has 2 fully saturated rings. The average molecular weight is 288 g/mol.